The Morgan fingerprint density at radius 3 is 1.39 bits per heavy atom. The van der Waals surface area contributed by atoms with E-state index in [4.69, 9.17) is 0 Å². The van der Waals surface area contributed by atoms with Gasteiger partial charge in [0, 0.05) is 60.1 Å². The summed E-state index contributed by atoms with van der Waals surface area (Å²) in [7, 11) is 0. The van der Waals surface area contributed by atoms with Crippen LogP contribution in [0.3, 0.4) is 0 Å². The van der Waals surface area contributed by atoms with Crippen LogP contribution in [0, 0.1) is 60.4 Å². The maximum atomic E-state index is 14.4. The first kappa shape index (κ1) is 41.7. The molecule has 1 amide bonds. The van der Waals surface area contributed by atoms with Crippen LogP contribution < -0.4 is 10.6 Å². The van der Waals surface area contributed by atoms with Crippen molar-refractivity contribution in [1.29, 1.82) is 0 Å². The molecule has 0 atom stereocenters. The van der Waals surface area contributed by atoms with Crippen molar-refractivity contribution in [3.05, 3.63) is 154 Å². The van der Waals surface area contributed by atoms with Crippen molar-refractivity contribution in [2.75, 3.05) is 10.6 Å². The topological polar surface area (TPSA) is 76.8 Å². The van der Waals surface area contributed by atoms with Gasteiger partial charge in [0.05, 0.1) is 11.4 Å². The molecule has 0 bridgehead atoms. The third-order valence-corrected chi connectivity index (χ3v) is 7.83. The molecule has 2 N–H and O–H groups in total. The lowest BCUT2D eigenvalue weighted by molar-refractivity contribution is -0.141. The van der Waals surface area contributed by atoms with Gasteiger partial charge in [0.25, 0.3) is 5.91 Å². The van der Waals surface area contributed by atoms with Crippen LogP contribution in [0.2, 0.25) is 0 Å². The highest BCUT2D eigenvalue weighted by Crippen LogP contribution is 2.32. The number of nitrogens with one attached hydrogen (secondary N) is 2. The van der Waals surface area contributed by atoms with E-state index in [0.29, 0.717) is 36.7 Å². The summed E-state index contributed by atoms with van der Waals surface area (Å²) < 4.78 is 188. The Morgan fingerprint density at radius 2 is 0.982 bits per heavy atom. The van der Waals surface area contributed by atoms with Crippen molar-refractivity contribution in [3.8, 4) is 11.4 Å². The number of hydrogen-bond acceptors (Lipinski definition) is 4. The van der Waals surface area contributed by atoms with E-state index in [1.807, 2.05) is 5.32 Å². The second kappa shape index (κ2) is 16.0. The maximum Gasteiger partial charge on any atom is 0.434 e. The van der Waals surface area contributed by atoms with E-state index in [9.17, 15) is 66.3 Å². The minimum atomic E-state index is -4.72. The average molecular weight is 821 g/mol. The molecule has 0 fully saturated rings. The summed E-state index contributed by atoms with van der Waals surface area (Å²) in [5.74, 6) is -10.8. The predicted octanol–water partition coefficient (Wildman–Crippen LogP) is 10.4. The summed E-state index contributed by atoms with van der Waals surface area (Å²) in [6.07, 6.45) is -8.11. The molecule has 2 aromatic heterocycles. The molecule has 2 heterocycles. The van der Waals surface area contributed by atoms with Gasteiger partial charge in [-0.1, -0.05) is 0 Å². The summed E-state index contributed by atoms with van der Waals surface area (Å²) in [4.78, 5) is 18.7. The van der Waals surface area contributed by atoms with Crippen molar-refractivity contribution < 1.29 is 66.3 Å². The van der Waals surface area contributed by atoms with Crippen LogP contribution in [0.1, 0.15) is 39.0 Å². The first-order chi connectivity index (χ1) is 26.5. The van der Waals surface area contributed by atoms with E-state index in [-0.39, 0.29) is 40.9 Å². The number of anilines is 2. The molecule has 6 rings (SSSR count). The third kappa shape index (κ3) is 9.52. The predicted molar refractivity (Wildman–Crippen MR) is 174 cm³/mol. The Labute approximate surface area is 311 Å². The number of hydrogen-bond donors (Lipinski definition) is 2. The molecule has 57 heavy (non-hydrogen) atoms. The zero-order valence-electron chi connectivity index (χ0n) is 28.6. The smallest absolute Gasteiger partial charge is 0.381 e. The monoisotopic (exact) mass is 820 g/mol. The van der Waals surface area contributed by atoms with Gasteiger partial charge >= 0.3 is 12.4 Å². The number of carbonyl (C=O) groups is 1. The van der Waals surface area contributed by atoms with Crippen LogP contribution >= 0.6 is 0 Å². The minimum Gasteiger partial charge on any atom is -0.381 e. The molecule has 0 aliphatic heterocycles. The highest BCUT2D eigenvalue weighted by atomic mass is 19.4. The maximum absolute atomic E-state index is 14.4. The van der Waals surface area contributed by atoms with Gasteiger partial charge in [-0.2, -0.15) is 26.3 Å². The lowest BCUT2D eigenvalue weighted by Crippen LogP contribution is -2.16. The lowest BCUT2D eigenvalue weighted by atomic mass is 10.1. The number of aromatic nitrogens is 4. The van der Waals surface area contributed by atoms with E-state index in [1.165, 1.54) is 26.0 Å². The summed E-state index contributed by atoms with van der Waals surface area (Å²) >= 11 is 0. The van der Waals surface area contributed by atoms with Gasteiger partial charge in [0.1, 0.15) is 63.8 Å². The molecular weight excluding hydrogens is 798 g/mol. The number of aryl methyl sites for hydroxylation is 2. The molecule has 300 valence electrons. The van der Waals surface area contributed by atoms with Crippen LogP contribution in [0.5, 0.6) is 0 Å². The molecular formula is C36H22F14N6O. The number of nitrogens with zero attached hydrogens (tertiary/aromatic N) is 4. The summed E-state index contributed by atoms with van der Waals surface area (Å²) in [6, 6.07) is 8.05. The Bertz CT molecular complexity index is 2430. The van der Waals surface area contributed by atoms with Gasteiger partial charge in [-0.05, 0) is 50.2 Å². The Kier molecular flexibility index (Phi) is 11.7. The summed E-state index contributed by atoms with van der Waals surface area (Å²) in [6.45, 7) is 2.14. The van der Waals surface area contributed by atoms with Crippen LogP contribution in [-0.2, 0) is 18.9 Å². The number of alkyl halides is 6. The quantitative estimate of drug-likeness (QED) is 0.157. The van der Waals surface area contributed by atoms with Crippen LogP contribution in [0.25, 0.3) is 11.4 Å². The first-order valence-corrected chi connectivity index (χ1v) is 15.7. The van der Waals surface area contributed by atoms with Gasteiger partial charge in [-0.3, -0.25) is 4.79 Å². The highest BCUT2D eigenvalue weighted by molar-refractivity contribution is 6.04. The standard InChI is InChI=1S/C18H10F7N3O.C18H12F7N3/c1-8-26-15(18(23,24)25)7-28(8)14-3-2-10(6-11(14)20)27-17(29)16-12(21)4-9(19)5-13(16)22;1-9-27-17(18(23,24)25)8-28(9)16-3-2-11(6-15(16)22)26-7-12-13(20)4-10(19)5-14(12)21/h2-7H,1H3,(H,27,29);2-6,8,26H,7H2,1H3. The summed E-state index contributed by atoms with van der Waals surface area (Å²) in [5, 5.41) is 4.61. The van der Waals surface area contributed by atoms with Gasteiger partial charge in [0.15, 0.2) is 11.4 Å². The zero-order chi connectivity index (χ0) is 42.1. The van der Waals surface area contributed by atoms with Gasteiger partial charge in [-0.25, -0.2) is 45.1 Å². The van der Waals surface area contributed by atoms with E-state index in [1.54, 1.807) is 0 Å². The Balaban J connectivity index is 0.000000218. The molecule has 0 spiro atoms. The zero-order valence-corrected chi connectivity index (χ0v) is 28.6. The number of rotatable bonds is 7. The van der Waals surface area contributed by atoms with Crippen molar-refractivity contribution in [3.63, 3.8) is 0 Å². The minimum absolute atomic E-state index is 0.0672. The highest BCUT2D eigenvalue weighted by Gasteiger charge is 2.35. The SMILES string of the molecule is Cc1nc(C(F)(F)F)cn1-c1ccc(NC(=O)c2c(F)cc(F)cc2F)cc1F.Cc1nc(C(F)(F)F)cn1-c1ccc(NCc2c(F)cc(F)cc2F)cc1F. The number of carbonyl (C=O) groups excluding carboxylic acids is 1. The Morgan fingerprint density at radius 1 is 0.579 bits per heavy atom. The van der Waals surface area contributed by atoms with Gasteiger partial charge < -0.3 is 19.8 Å². The van der Waals surface area contributed by atoms with Crippen LogP contribution in [-0.4, -0.2) is 25.0 Å². The lowest BCUT2D eigenvalue weighted by Gasteiger charge is -2.11. The number of amides is 1. The normalized spacial score (nSPS) is 11.6. The second-order valence-corrected chi connectivity index (χ2v) is 11.8. The van der Waals surface area contributed by atoms with Crippen molar-refractivity contribution in [1.82, 2.24) is 19.1 Å². The molecule has 0 radical (unpaired) electrons. The molecule has 7 nitrogen and oxygen atoms in total. The van der Waals surface area contributed by atoms with E-state index >= 15 is 0 Å². The molecule has 0 saturated carbocycles. The van der Waals surface area contributed by atoms with Crippen molar-refractivity contribution in [2.45, 2.75) is 32.7 Å². The molecule has 0 unspecified atom stereocenters. The first-order valence-electron chi connectivity index (χ1n) is 15.7. The molecule has 0 saturated heterocycles. The summed E-state index contributed by atoms with van der Waals surface area (Å²) in [5.41, 5.74) is -4.45. The molecule has 4 aromatic carbocycles. The Hall–Kier alpha value is -6.41. The fraction of sp³-hybridized carbons (Fsp3) is 0.139. The van der Waals surface area contributed by atoms with Crippen molar-refractivity contribution >= 4 is 17.3 Å². The number of halogens is 14. The molecule has 21 heteroatoms. The number of imidazole rings is 2. The van der Waals surface area contributed by atoms with Gasteiger partial charge in [-0.15, -0.1) is 0 Å². The van der Waals surface area contributed by atoms with E-state index in [0.717, 1.165) is 33.4 Å². The molecule has 0 aliphatic rings. The van der Waals surface area contributed by atoms with Gasteiger partial charge in [0.2, 0.25) is 0 Å². The molecule has 6 aromatic rings. The fourth-order valence-corrected chi connectivity index (χ4v) is 5.18. The van der Waals surface area contributed by atoms with E-state index < -0.39 is 87.3 Å². The van der Waals surface area contributed by atoms with E-state index in [2.05, 4.69) is 15.3 Å². The average Bonchev–Trinajstić information content (AvgIpc) is 3.67. The van der Waals surface area contributed by atoms with Crippen molar-refractivity contribution in [2.24, 2.45) is 0 Å². The number of benzene rings is 4. The van der Waals surface area contributed by atoms with Crippen LogP contribution in [0.4, 0.5) is 72.8 Å². The fourth-order valence-electron chi connectivity index (χ4n) is 5.18. The second-order valence-electron chi connectivity index (χ2n) is 11.8. The third-order valence-electron chi connectivity index (χ3n) is 7.83. The molecule has 0 aliphatic carbocycles. The van der Waals surface area contributed by atoms with Crippen LogP contribution in [0.15, 0.2) is 73.1 Å². The largest absolute Gasteiger partial charge is 0.434 e.